The Balaban J connectivity index is 3.80. The van der Waals surface area contributed by atoms with Crippen LogP contribution in [-0.2, 0) is 32.7 Å². The van der Waals surface area contributed by atoms with Crippen LogP contribution < -0.4 is 0 Å². The van der Waals surface area contributed by atoms with E-state index < -0.39 is 26.5 Å². The SMILES string of the molecule is CCCCCCCCCCCCCCCCCCCCCCCCCCCCCCCCCCCC(=O)OC(COC(=O)CCCCCCCC)COP(=O)(O)OCC[N+](C)(C)C. The summed E-state index contributed by atoms with van der Waals surface area (Å²) in [6.07, 6.45) is 50.9. The summed E-state index contributed by atoms with van der Waals surface area (Å²) in [6, 6.07) is 0. The van der Waals surface area contributed by atoms with Crippen molar-refractivity contribution in [3.05, 3.63) is 0 Å². The Morgan fingerprint density at radius 3 is 1.02 bits per heavy atom. The lowest BCUT2D eigenvalue weighted by Crippen LogP contribution is -2.37. The van der Waals surface area contributed by atoms with Crippen LogP contribution in [0.2, 0.25) is 0 Å². The number of unbranched alkanes of at least 4 members (excludes halogenated alkanes) is 37. The Bertz CT molecular complexity index is 1040. The van der Waals surface area contributed by atoms with Crippen molar-refractivity contribution in [2.24, 2.45) is 0 Å². The van der Waals surface area contributed by atoms with Gasteiger partial charge in [0.2, 0.25) is 0 Å². The van der Waals surface area contributed by atoms with E-state index in [9.17, 15) is 19.0 Å². The van der Waals surface area contributed by atoms with E-state index in [0.29, 0.717) is 17.4 Å². The van der Waals surface area contributed by atoms with Gasteiger partial charge in [-0.1, -0.05) is 251 Å². The first-order chi connectivity index (χ1) is 30.5. The van der Waals surface area contributed by atoms with Gasteiger partial charge in [-0.15, -0.1) is 0 Å². The third-order valence-electron chi connectivity index (χ3n) is 12.4. The summed E-state index contributed by atoms with van der Waals surface area (Å²) in [5, 5.41) is 0. The van der Waals surface area contributed by atoms with Gasteiger partial charge < -0.3 is 18.9 Å². The third-order valence-corrected chi connectivity index (χ3v) is 13.4. The van der Waals surface area contributed by atoms with Crippen molar-refractivity contribution in [3.63, 3.8) is 0 Å². The molecule has 0 radical (unpaired) electrons. The van der Waals surface area contributed by atoms with Gasteiger partial charge in [0.05, 0.1) is 27.7 Å². The molecule has 63 heavy (non-hydrogen) atoms. The number of quaternary nitrogens is 1. The van der Waals surface area contributed by atoms with Crippen molar-refractivity contribution in [1.29, 1.82) is 0 Å². The minimum atomic E-state index is -4.36. The molecule has 376 valence electrons. The molecule has 0 fully saturated rings. The maximum Gasteiger partial charge on any atom is 0.472 e. The van der Waals surface area contributed by atoms with Crippen LogP contribution in [0.5, 0.6) is 0 Å². The van der Waals surface area contributed by atoms with E-state index in [4.69, 9.17) is 18.5 Å². The highest BCUT2D eigenvalue weighted by atomic mass is 31.2. The van der Waals surface area contributed by atoms with Gasteiger partial charge in [0, 0.05) is 12.8 Å². The van der Waals surface area contributed by atoms with Gasteiger partial charge in [-0.2, -0.15) is 0 Å². The minimum Gasteiger partial charge on any atom is -0.462 e. The normalized spacial score (nSPS) is 13.3. The van der Waals surface area contributed by atoms with Crippen LogP contribution in [0.4, 0.5) is 0 Å². The summed E-state index contributed by atoms with van der Waals surface area (Å²) in [7, 11) is 1.49. The van der Waals surface area contributed by atoms with E-state index in [1.165, 1.54) is 212 Å². The number of carbonyl (C=O) groups is 2. The number of esters is 2. The lowest BCUT2D eigenvalue weighted by Gasteiger charge is -2.24. The molecule has 0 amide bonds. The second-order valence-corrected chi connectivity index (χ2v) is 21.4. The average Bonchev–Trinajstić information content (AvgIpc) is 3.24. The molecule has 0 aromatic heterocycles. The summed E-state index contributed by atoms with van der Waals surface area (Å²) >= 11 is 0. The fraction of sp³-hybridized carbons (Fsp3) is 0.962. The van der Waals surface area contributed by atoms with Gasteiger partial charge >= 0.3 is 19.8 Å². The summed E-state index contributed by atoms with van der Waals surface area (Å²) < 4.78 is 34.2. The molecule has 0 saturated carbocycles. The van der Waals surface area contributed by atoms with E-state index in [1.54, 1.807) is 0 Å². The Morgan fingerprint density at radius 1 is 0.429 bits per heavy atom. The molecular weight excluding hydrogens is 810 g/mol. The second kappa shape index (κ2) is 46.1. The zero-order valence-electron chi connectivity index (χ0n) is 42.6. The zero-order chi connectivity index (χ0) is 46.4. The van der Waals surface area contributed by atoms with Crippen LogP contribution in [-0.4, -0.2) is 74.9 Å². The van der Waals surface area contributed by atoms with Gasteiger partial charge in [-0.05, 0) is 12.8 Å². The standard InChI is InChI=1S/C53H106NO8P/c1-6-8-10-12-14-15-16-17-18-19-20-21-22-23-24-25-26-27-28-29-30-31-32-33-34-35-36-37-38-39-40-42-44-46-53(56)62-51(49-59-52(55)45-43-41-13-11-9-7-2)50-61-63(57,58)60-48-47-54(3,4)5/h51H,6-50H2,1-5H3/p+1. The van der Waals surface area contributed by atoms with Crippen molar-refractivity contribution in [2.75, 3.05) is 47.5 Å². The highest BCUT2D eigenvalue weighted by Crippen LogP contribution is 2.43. The number of hydrogen-bond acceptors (Lipinski definition) is 7. The number of carbonyl (C=O) groups excluding carboxylic acids is 2. The van der Waals surface area contributed by atoms with E-state index >= 15 is 0 Å². The number of hydrogen-bond donors (Lipinski definition) is 1. The number of phosphoric ester groups is 1. The number of likely N-dealkylation sites (N-methyl/N-ethyl adjacent to an activating group) is 1. The van der Waals surface area contributed by atoms with Crippen molar-refractivity contribution < 1.29 is 42.1 Å². The smallest absolute Gasteiger partial charge is 0.462 e. The molecule has 0 bridgehead atoms. The average molecular weight is 917 g/mol. The number of phosphoric acid groups is 1. The molecule has 1 N–H and O–H groups in total. The van der Waals surface area contributed by atoms with Gasteiger partial charge in [0.1, 0.15) is 19.8 Å². The van der Waals surface area contributed by atoms with Crippen LogP contribution in [0.1, 0.15) is 277 Å². The molecule has 0 aromatic rings. The highest BCUT2D eigenvalue weighted by Gasteiger charge is 2.27. The monoisotopic (exact) mass is 917 g/mol. The summed E-state index contributed by atoms with van der Waals surface area (Å²) in [4.78, 5) is 35.2. The Kier molecular flexibility index (Phi) is 45.4. The first-order valence-electron chi connectivity index (χ1n) is 27.3. The molecule has 0 spiro atoms. The second-order valence-electron chi connectivity index (χ2n) is 20.0. The molecule has 0 rings (SSSR count). The van der Waals surface area contributed by atoms with Crippen LogP contribution in [0.25, 0.3) is 0 Å². The van der Waals surface area contributed by atoms with Crippen LogP contribution >= 0.6 is 7.82 Å². The van der Waals surface area contributed by atoms with E-state index in [1.807, 2.05) is 21.1 Å². The molecule has 9 nitrogen and oxygen atoms in total. The quantitative estimate of drug-likeness (QED) is 0.0278. The molecule has 0 aliphatic rings. The lowest BCUT2D eigenvalue weighted by atomic mass is 10.0. The van der Waals surface area contributed by atoms with Crippen LogP contribution in [0, 0.1) is 0 Å². The van der Waals surface area contributed by atoms with Crippen molar-refractivity contribution in [2.45, 2.75) is 283 Å². The van der Waals surface area contributed by atoms with Gasteiger partial charge in [-0.3, -0.25) is 18.6 Å². The number of rotatable bonds is 51. The maximum absolute atomic E-state index is 12.7. The molecule has 10 heteroatoms. The Morgan fingerprint density at radius 2 is 0.714 bits per heavy atom. The van der Waals surface area contributed by atoms with Crippen molar-refractivity contribution in [3.8, 4) is 0 Å². The van der Waals surface area contributed by atoms with E-state index in [0.717, 1.165) is 38.5 Å². The molecule has 2 atom stereocenters. The van der Waals surface area contributed by atoms with Gasteiger partial charge in [0.15, 0.2) is 6.10 Å². The van der Waals surface area contributed by atoms with E-state index in [2.05, 4.69) is 13.8 Å². The fourth-order valence-corrected chi connectivity index (χ4v) is 8.88. The summed E-state index contributed by atoms with van der Waals surface area (Å²) in [5.74, 6) is -0.792. The molecule has 0 saturated heterocycles. The predicted octanol–water partition coefficient (Wildman–Crippen LogP) is 16.3. The minimum absolute atomic E-state index is 0.0364. The largest absolute Gasteiger partial charge is 0.472 e. The van der Waals surface area contributed by atoms with Crippen molar-refractivity contribution >= 4 is 19.8 Å². The molecular formula is C53H107NO8P+. The van der Waals surface area contributed by atoms with Gasteiger partial charge in [0.25, 0.3) is 0 Å². The van der Waals surface area contributed by atoms with Crippen LogP contribution in [0.15, 0.2) is 0 Å². The Labute approximate surface area is 391 Å². The third kappa shape index (κ3) is 50.3. The number of nitrogens with zero attached hydrogens (tertiary/aromatic N) is 1. The molecule has 0 heterocycles. The maximum atomic E-state index is 12.7. The van der Waals surface area contributed by atoms with Crippen LogP contribution in [0.3, 0.4) is 0 Å². The number of ether oxygens (including phenoxy) is 2. The highest BCUT2D eigenvalue weighted by molar-refractivity contribution is 7.47. The zero-order valence-corrected chi connectivity index (χ0v) is 43.5. The van der Waals surface area contributed by atoms with E-state index in [-0.39, 0.29) is 25.6 Å². The molecule has 0 aliphatic carbocycles. The molecule has 2 unspecified atom stereocenters. The first-order valence-corrected chi connectivity index (χ1v) is 28.8. The van der Waals surface area contributed by atoms with Gasteiger partial charge in [-0.25, -0.2) is 4.57 Å². The summed E-state index contributed by atoms with van der Waals surface area (Å²) in [6.45, 7) is 4.40. The topological polar surface area (TPSA) is 108 Å². The summed E-state index contributed by atoms with van der Waals surface area (Å²) in [5.41, 5.74) is 0. The first kappa shape index (κ1) is 62.0. The predicted molar refractivity (Wildman–Crippen MR) is 266 cm³/mol. The molecule has 0 aliphatic heterocycles. The fourth-order valence-electron chi connectivity index (χ4n) is 8.14. The molecule has 0 aromatic carbocycles. The van der Waals surface area contributed by atoms with Crippen molar-refractivity contribution in [1.82, 2.24) is 0 Å². The lowest BCUT2D eigenvalue weighted by molar-refractivity contribution is -0.870. The Hall–Kier alpha value is -0.990.